The Morgan fingerprint density at radius 1 is 1.21 bits per heavy atom. The highest BCUT2D eigenvalue weighted by Crippen LogP contribution is 2.13. The second kappa shape index (κ2) is 7.66. The minimum atomic E-state index is 0.892. The molecule has 1 aromatic carbocycles. The lowest BCUT2D eigenvalue weighted by molar-refractivity contribution is 0.352. The van der Waals surface area contributed by atoms with Gasteiger partial charge in [-0.1, -0.05) is 18.2 Å². The standard InChI is InChI=1S/C17H28N2/c1-14-5-6-16(12-15(14)2)7-10-18-11-8-17-4-3-9-19-13-17/h5-6,12,17-19H,3-4,7-11,13H2,1-2H3. The lowest BCUT2D eigenvalue weighted by Gasteiger charge is -2.22. The fourth-order valence-electron chi connectivity index (χ4n) is 2.79. The van der Waals surface area contributed by atoms with Crippen molar-refractivity contribution < 1.29 is 0 Å². The molecular weight excluding hydrogens is 232 g/mol. The van der Waals surface area contributed by atoms with E-state index < -0.39 is 0 Å². The van der Waals surface area contributed by atoms with Gasteiger partial charge < -0.3 is 10.6 Å². The van der Waals surface area contributed by atoms with Gasteiger partial charge in [0.2, 0.25) is 0 Å². The number of aryl methyl sites for hydroxylation is 2. The Labute approximate surface area is 118 Å². The molecule has 1 aliphatic heterocycles. The second-order valence-corrected chi connectivity index (χ2v) is 5.92. The van der Waals surface area contributed by atoms with Crippen molar-refractivity contribution in [1.29, 1.82) is 0 Å². The molecule has 0 bridgehead atoms. The van der Waals surface area contributed by atoms with E-state index in [0.29, 0.717) is 0 Å². The Kier molecular flexibility index (Phi) is 5.87. The van der Waals surface area contributed by atoms with Crippen LogP contribution in [0.2, 0.25) is 0 Å². The van der Waals surface area contributed by atoms with E-state index in [1.165, 1.54) is 49.0 Å². The van der Waals surface area contributed by atoms with E-state index in [2.05, 4.69) is 42.7 Å². The molecule has 2 heteroatoms. The molecule has 1 atom stereocenters. The van der Waals surface area contributed by atoms with Crippen molar-refractivity contribution in [3.8, 4) is 0 Å². The highest BCUT2D eigenvalue weighted by atomic mass is 14.9. The molecule has 1 heterocycles. The van der Waals surface area contributed by atoms with Gasteiger partial charge in [0.25, 0.3) is 0 Å². The van der Waals surface area contributed by atoms with Crippen molar-refractivity contribution in [2.45, 2.75) is 39.5 Å². The van der Waals surface area contributed by atoms with Crippen LogP contribution in [0.3, 0.4) is 0 Å². The quantitative estimate of drug-likeness (QED) is 0.769. The third kappa shape index (κ3) is 4.96. The van der Waals surface area contributed by atoms with Crippen LogP contribution in [0.15, 0.2) is 18.2 Å². The first kappa shape index (κ1) is 14.5. The van der Waals surface area contributed by atoms with Crippen molar-refractivity contribution in [2.75, 3.05) is 26.2 Å². The van der Waals surface area contributed by atoms with E-state index >= 15 is 0 Å². The van der Waals surface area contributed by atoms with Gasteiger partial charge in [-0.15, -0.1) is 0 Å². The average molecular weight is 260 g/mol. The topological polar surface area (TPSA) is 24.1 Å². The summed E-state index contributed by atoms with van der Waals surface area (Å²) in [6, 6.07) is 6.81. The van der Waals surface area contributed by atoms with Gasteiger partial charge in [-0.2, -0.15) is 0 Å². The van der Waals surface area contributed by atoms with Gasteiger partial charge in [0.1, 0.15) is 0 Å². The molecule has 0 aliphatic carbocycles. The van der Waals surface area contributed by atoms with Gasteiger partial charge in [0, 0.05) is 0 Å². The molecule has 106 valence electrons. The van der Waals surface area contributed by atoms with Crippen LogP contribution in [0.1, 0.15) is 36.0 Å². The summed E-state index contributed by atoms with van der Waals surface area (Å²) >= 11 is 0. The summed E-state index contributed by atoms with van der Waals surface area (Å²) in [5, 5.41) is 7.07. The number of nitrogens with one attached hydrogen (secondary N) is 2. The predicted molar refractivity (Wildman–Crippen MR) is 82.7 cm³/mol. The van der Waals surface area contributed by atoms with Crippen LogP contribution in [0.4, 0.5) is 0 Å². The van der Waals surface area contributed by atoms with Crippen LogP contribution in [0, 0.1) is 19.8 Å². The Bertz CT molecular complexity index is 381. The zero-order chi connectivity index (χ0) is 13.5. The molecule has 2 rings (SSSR count). The Morgan fingerprint density at radius 3 is 2.84 bits per heavy atom. The van der Waals surface area contributed by atoms with Crippen LogP contribution in [-0.2, 0) is 6.42 Å². The largest absolute Gasteiger partial charge is 0.316 e. The molecule has 1 saturated heterocycles. The van der Waals surface area contributed by atoms with Gasteiger partial charge in [-0.05, 0) is 88.3 Å². The average Bonchev–Trinajstić information content (AvgIpc) is 2.43. The van der Waals surface area contributed by atoms with Crippen molar-refractivity contribution in [3.63, 3.8) is 0 Å². The second-order valence-electron chi connectivity index (χ2n) is 5.92. The molecule has 0 saturated carbocycles. The zero-order valence-corrected chi connectivity index (χ0v) is 12.5. The molecule has 2 nitrogen and oxygen atoms in total. The maximum Gasteiger partial charge on any atom is -0.000835 e. The molecule has 0 amide bonds. The van der Waals surface area contributed by atoms with Crippen molar-refractivity contribution in [2.24, 2.45) is 5.92 Å². The fourth-order valence-corrected chi connectivity index (χ4v) is 2.79. The summed E-state index contributed by atoms with van der Waals surface area (Å²) < 4.78 is 0. The number of rotatable bonds is 6. The first-order valence-corrected chi connectivity index (χ1v) is 7.73. The molecule has 2 N–H and O–H groups in total. The summed E-state index contributed by atoms with van der Waals surface area (Å²) in [4.78, 5) is 0. The Balaban J connectivity index is 1.59. The van der Waals surface area contributed by atoms with Gasteiger partial charge in [-0.25, -0.2) is 0 Å². The Morgan fingerprint density at radius 2 is 2.11 bits per heavy atom. The summed E-state index contributed by atoms with van der Waals surface area (Å²) in [6.45, 7) is 9.08. The van der Waals surface area contributed by atoms with Crippen LogP contribution >= 0.6 is 0 Å². The Hall–Kier alpha value is -0.860. The maximum atomic E-state index is 3.59. The van der Waals surface area contributed by atoms with Crippen molar-refractivity contribution >= 4 is 0 Å². The molecule has 1 unspecified atom stereocenters. The van der Waals surface area contributed by atoms with Gasteiger partial charge >= 0.3 is 0 Å². The highest BCUT2D eigenvalue weighted by Gasteiger charge is 2.11. The lowest BCUT2D eigenvalue weighted by atomic mass is 9.96. The number of benzene rings is 1. The molecule has 1 fully saturated rings. The van der Waals surface area contributed by atoms with E-state index in [1.807, 2.05) is 0 Å². The molecular formula is C17H28N2. The third-order valence-corrected chi connectivity index (χ3v) is 4.29. The zero-order valence-electron chi connectivity index (χ0n) is 12.5. The van der Waals surface area contributed by atoms with Crippen LogP contribution in [0.25, 0.3) is 0 Å². The normalized spacial score (nSPS) is 19.6. The summed E-state index contributed by atoms with van der Waals surface area (Å²) in [5.41, 5.74) is 4.25. The monoisotopic (exact) mass is 260 g/mol. The molecule has 19 heavy (non-hydrogen) atoms. The van der Waals surface area contributed by atoms with Crippen molar-refractivity contribution in [1.82, 2.24) is 10.6 Å². The molecule has 0 radical (unpaired) electrons. The predicted octanol–water partition coefficient (Wildman–Crippen LogP) is 2.83. The van der Waals surface area contributed by atoms with Gasteiger partial charge in [-0.3, -0.25) is 0 Å². The molecule has 0 aromatic heterocycles. The number of hydrogen-bond donors (Lipinski definition) is 2. The van der Waals surface area contributed by atoms with E-state index in [0.717, 1.165) is 25.4 Å². The first-order chi connectivity index (χ1) is 9.25. The van der Waals surface area contributed by atoms with Crippen molar-refractivity contribution in [3.05, 3.63) is 34.9 Å². The molecule has 1 aliphatic rings. The van der Waals surface area contributed by atoms with Crippen LogP contribution < -0.4 is 10.6 Å². The lowest BCUT2D eigenvalue weighted by Crippen LogP contribution is -2.32. The maximum absolute atomic E-state index is 3.59. The van der Waals surface area contributed by atoms with E-state index in [-0.39, 0.29) is 0 Å². The number of piperidine rings is 1. The number of hydrogen-bond acceptors (Lipinski definition) is 2. The van der Waals surface area contributed by atoms with Crippen LogP contribution in [0.5, 0.6) is 0 Å². The minimum absolute atomic E-state index is 0.892. The van der Waals surface area contributed by atoms with E-state index in [9.17, 15) is 0 Å². The smallest absolute Gasteiger partial charge is 0.000835 e. The van der Waals surface area contributed by atoms with Gasteiger partial charge in [0.15, 0.2) is 0 Å². The van der Waals surface area contributed by atoms with E-state index in [1.54, 1.807) is 0 Å². The SMILES string of the molecule is Cc1ccc(CCNCCC2CCCNC2)cc1C. The first-order valence-electron chi connectivity index (χ1n) is 7.73. The minimum Gasteiger partial charge on any atom is -0.316 e. The molecule has 1 aromatic rings. The summed E-state index contributed by atoms with van der Waals surface area (Å²) in [7, 11) is 0. The third-order valence-electron chi connectivity index (χ3n) is 4.29. The summed E-state index contributed by atoms with van der Waals surface area (Å²) in [5.74, 6) is 0.892. The van der Waals surface area contributed by atoms with Gasteiger partial charge in [0.05, 0.1) is 0 Å². The molecule has 0 spiro atoms. The highest BCUT2D eigenvalue weighted by molar-refractivity contribution is 5.29. The van der Waals surface area contributed by atoms with Crippen LogP contribution in [-0.4, -0.2) is 26.2 Å². The fraction of sp³-hybridized carbons (Fsp3) is 0.647. The summed E-state index contributed by atoms with van der Waals surface area (Å²) in [6.07, 6.45) is 5.23. The van der Waals surface area contributed by atoms with E-state index in [4.69, 9.17) is 0 Å².